The number of carbonyl (C=O) groups is 1. The van der Waals surface area contributed by atoms with Gasteiger partial charge in [0.1, 0.15) is 4.47 Å². The molecule has 4 nitrogen and oxygen atoms in total. The Bertz CT molecular complexity index is 692. The topological polar surface area (TPSA) is 52.0 Å². The maximum Gasteiger partial charge on any atom is 0.268 e. The van der Waals surface area contributed by atoms with Crippen LogP contribution in [0.1, 0.15) is 21.6 Å². The van der Waals surface area contributed by atoms with Gasteiger partial charge in [0, 0.05) is 5.56 Å². The molecule has 1 aromatic heterocycles. The molecule has 0 fully saturated rings. The fourth-order valence-electron chi connectivity index (χ4n) is 1.72. The molecule has 19 heavy (non-hydrogen) atoms. The Hall–Kier alpha value is -1.75. The minimum absolute atomic E-state index is 0.00579. The summed E-state index contributed by atoms with van der Waals surface area (Å²) < 4.78 is 1.70. The number of hydrogen-bond acceptors (Lipinski definition) is 3. The van der Waals surface area contributed by atoms with E-state index >= 15 is 0 Å². The molecule has 1 aromatic carbocycles. The highest BCUT2D eigenvalue weighted by Crippen LogP contribution is 2.08. The molecule has 0 aliphatic carbocycles. The molecular formula is C14H13BrN2O2. The third-order valence-electron chi connectivity index (χ3n) is 2.81. The lowest BCUT2D eigenvalue weighted by Gasteiger charge is -2.06. The molecule has 2 aromatic rings. The van der Waals surface area contributed by atoms with Gasteiger partial charge >= 0.3 is 0 Å². The molecule has 1 heterocycles. The molecule has 98 valence electrons. The van der Waals surface area contributed by atoms with Crippen LogP contribution in [0.5, 0.6) is 0 Å². The molecular weight excluding hydrogens is 308 g/mol. The molecule has 0 unspecified atom stereocenters. The van der Waals surface area contributed by atoms with Crippen LogP contribution in [0.25, 0.3) is 0 Å². The highest BCUT2D eigenvalue weighted by Gasteiger charge is 2.11. The number of halogens is 1. The van der Waals surface area contributed by atoms with Crippen molar-refractivity contribution in [3.05, 3.63) is 62.2 Å². The third kappa shape index (κ3) is 2.98. The zero-order valence-electron chi connectivity index (χ0n) is 10.7. The molecule has 5 heteroatoms. The smallest absolute Gasteiger partial charge is 0.268 e. The largest absolute Gasteiger partial charge is 0.292 e. The summed E-state index contributed by atoms with van der Waals surface area (Å²) in [5.74, 6) is -0.108. The van der Waals surface area contributed by atoms with Gasteiger partial charge in [-0.05, 0) is 35.8 Å². The highest BCUT2D eigenvalue weighted by atomic mass is 79.9. The van der Waals surface area contributed by atoms with E-state index in [1.54, 1.807) is 13.0 Å². The van der Waals surface area contributed by atoms with Crippen molar-refractivity contribution in [1.29, 1.82) is 0 Å². The van der Waals surface area contributed by atoms with Crippen molar-refractivity contribution in [3.63, 3.8) is 0 Å². The van der Waals surface area contributed by atoms with E-state index in [1.807, 2.05) is 25.1 Å². The highest BCUT2D eigenvalue weighted by molar-refractivity contribution is 9.10. The molecule has 2 rings (SSSR count). The normalized spacial score (nSPS) is 10.5. The molecule has 0 radical (unpaired) electrons. The minimum Gasteiger partial charge on any atom is -0.292 e. The van der Waals surface area contributed by atoms with E-state index in [4.69, 9.17) is 0 Å². The molecule has 0 bridgehead atoms. The van der Waals surface area contributed by atoms with Gasteiger partial charge in [0.05, 0.1) is 18.6 Å². The molecule has 0 aliphatic rings. The average Bonchev–Trinajstić information content (AvgIpc) is 2.39. The molecule has 0 aliphatic heterocycles. The first-order valence-corrected chi connectivity index (χ1v) is 6.59. The van der Waals surface area contributed by atoms with Crippen LogP contribution < -0.4 is 5.56 Å². The van der Waals surface area contributed by atoms with Gasteiger partial charge in [0.25, 0.3) is 5.56 Å². The fraction of sp³-hybridized carbons (Fsp3) is 0.214. The van der Waals surface area contributed by atoms with Crippen LogP contribution in [0, 0.1) is 13.8 Å². The summed E-state index contributed by atoms with van der Waals surface area (Å²) in [7, 11) is 0. The van der Waals surface area contributed by atoms with Crippen LogP contribution in [0.4, 0.5) is 0 Å². The summed E-state index contributed by atoms with van der Waals surface area (Å²) in [5.41, 5.74) is 1.99. The molecule has 0 spiro atoms. The first kappa shape index (κ1) is 13.7. The van der Waals surface area contributed by atoms with Gasteiger partial charge in [0.15, 0.2) is 5.78 Å². The van der Waals surface area contributed by atoms with Crippen molar-refractivity contribution in [2.24, 2.45) is 0 Å². The Morgan fingerprint density at radius 1 is 1.37 bits per heavy atom. The molecule has 0 amide bonds. The van der Waals surface area contributed by atoms with Crippen LogP contribution in [-0.4, -0.2) is 15.3 Å². The number of benzene rings is 1. The standard InChI is InChI=1S/C14H13BrN2O2/c1-9-4-3-5-11(6-9)12(18)7-17-8-16-10(2)13(15)14(17)19/h3-6,8H,7H2,1-2H3. The maximum absolute atomic E-state index is 12.1. The predicted molar refractivity (Wildman–Crippen MR) is 76.4 cm³/mol. The summed E-state index contributed by atoms with van der Waals surface area (Å²) in [6.07, 6.45) is 1.40. The van der Waals surface area contributed by atoms with E-state index in [1.165, 1.54) is 10.9 Å². The number of rotatable bonds is 3. The molecule has 0 saturated heterocycles. The zero-order chi connectivity index (χ0) is 14.0. The summed E-state index contributed by atoms with van der Waals surface area (Å²) in [5, 5.41) is 0. The lowest BCUT2D eigenvalue weighted by molar-refractivity contribution is 0.0970. The second-order valence-electron chi connectivity index (χ2n) is 4.37. The van der Waals surface area contributed by atoms with Gasteiger partial charge in [0.2, 0.25) is 0 Å². The van der Waals surface area contributed by atoms with Crippen LogP contribution in [0.3, 0.4) is 0 Å². The van der Waals surface area contributed by atoms with Gasteiger partial charge in [-0.1, -0.05) is 23.8 Å². The number of ketones is 1. The van der Waals surface area contributed by atoms with E-state index < -0.39 is 0 Å². The minimum atomic E-state index is -0.242. The first-order valence-electron chi connectivity index (χ1n) is 5.80. The molecule has 0 saturated carbocycles. The van der Waals surface area contributed by atoms with Crippen molar-refractivity contribution in [2.45, 2.75) is 20.4 Å². The Kier molecular flexibility index (Phi) is 3.95. The predicted octanol–water partition coefficient (Wildman–Crippen LogP) is 2.51. The summed E-state index contributed by atoms with van der Waals surface area (Å²) >= 11 is 3.18. The quantitative estimate of drug-likeness (QED) is 0.816. The van der Waals surface area contributed by atoms with Crippen molar-refractivity contribution in [2.75, 3.05) is 0 Å². The van der Waals surface area contributed by atoms with Crippen molar-refractivity contribution in [1.82, 2.24) is 9.55 Å². The zero-order valence-corrected chi connectivity index (χ0v) is 12.3. The number of aromatic nitrogens is 2. The maximum atomic E-state index is 12.1. The van der Waals surface area contributed by atoms with E-state index in [0.717, 1.165) is 5.56 Å². The Morgan fingerprint density at radius 3 is 2.79 bits per heavy atom. The molecule has 0 atom stereocenters. The fourth-order valence-corrected chi connectivity index (χ4v) is 2.05. The number of aryl methyl sites for hydroxylation is 2. The third-order valence-corrected chi connectivity index (χ3v) is 3.72. The first-order chi connectivity index (χ1) is 8.99. The average molecular weight is 321 g/mol. The van der Waals surface area contributed by atoms with Gasteiger partial charge in [-0.25, -0.2) is 4.98 Å². The monoisotopic (exact) mass is 320 g/mol. The van der Waals surface area contributed by atoms with Crippen LogP contribution in [0.15, 0.2) is 39.9 Å². The Morgan fingerprint density at radius 2 is 2.11 bits per heavy atom. The summed E-state index contributed by atoms with van der Waals surface area (Å²) in [6.45, 7) is 3.65. The van der Waals surface area contributed by atoms with Crippen LogP contribution in [0.2, 0.25) is 0 Å². The SMILES string of the molecule is Cc1cccc(C(=O)Cn2cnc(C)c(Br)c2=O)c1. The van der Waals surface area contributed by atoms with Crippen molar-refractivity contribution >= 4 is 21.7 Å². The summed E-state index contributed by atoms with van der Waals surface area (Å²) in [6, 6.07) is 7.31. The number of nitrogens with zero attached hydrogens (tertiary/aromatic N) is 2. The number of Topliss-reactive ketones (excluding diaryl/α,β-unsaturated/α-hetero) is 1. The van der Waals surface area contributed by atoms with Crippen molar-refractivity contribution in [3.8, 4) is 0 Å². The van der Waals surface area contributed by atoms with E-state index in [-0.39, 0.29) is 17.9 Å². The van der Waals surface area contributed by atoms with Crippen molar-refractivity contribution < 1.29 is 4.79 Å². The second kappa shape index (κ2) is 5.48. The Labute approximate surface area is 119 Å². The van der Waals surface area contributed by atoms with Crippen LogP contribution >= 0.6 is 15.9 Å². The van der Waals surface area contributed by atoms with Gasteiger partial charge in [-0.15, -0.1) is 0 Å². The Balaban J connectivity index is 2.30. The van der Waals surface area contributed by atoms with E-state index in [2.05, 4.69) is 20.9 Å². The van der Waals surface area contributed by atoms with Gasteiger partial charge in [-0.3, -0.25) is 14.2 Å². The van der Waals surface area contributed by atoms with Crippen LogP contribution in [-0.2, 0) is 6.54 Å². The molecule has 0 N–H and O–H groups in total. The number of hydrogen-bond donors (Lipinski definition) is 0. The van der Waals surface area contributed by atoms with Gasteiger partial charge in [-0.2, -0.15) is 0 Å². The number of carbonyl (C=O) groups excluding carboxylic acids is 1. The van der Waals surface area contributed by atoms with Gasteiger partial charge < -0.3 is 0 Å². The lowest BCUT2D eigenvalue weighted by Crippen LogP contribution is -2.25. The van der Waals surface area contributed by atoms with E-state index in [0.29, 0.717) is 15.7 Å². The summed E-state index contributed by atoms with van der Waals surface area (Å²) in [4.78, 5) is 28.1. The second-order valence-corrected chi connectivity index (χ2v) is 5.16. The van der Waals surface area contributed by atoms with E-state index in [9.17, 15) is 9.59 Å². The lowest BCUT2D eigenvalue weighted by atomic mass is 10.1.